The van der Waals surface area contributed by atoms with Crippen LogP contribution in [0.15, 0.2) is 12.1 Å². The molecule has 1 aromatic rings. The minimum absolute atomic E-state index is 0.0462. The molecule has 2 heterocycles. The molecule has 4 nitrogen and oxygen atoms in total. The first kappa shape index (κ1) is 12.2. The van der Waals surface area contributed by atoms with Gasteiger partial charge in [-0.1, -0.05) is 6.07 Å². The Balaban J connectivity index is 1.67. The van der Waals surface area contributed by atoms with Crippen LogP contribution < -0.4 is 9.47 Å². The largest absolute Gasteiger partial charge is 0.493 e. The van der Waals surface area contributed by atoms with Gasteiger partial charge in [0.1, 0.15) is 6.10 Å². The summed E-state index contributed by atoms with van der Waals surface area (Å²) in [7, 11) is 3.97. The van der Waals surface area contributed by atoms with Crippen molar-refractivity contribution in [3.63, 3.8) is 0 Å². The number of aliphatic hydroxyl groups is 1. The minimum Gasteiger partial charge on any atom is -0.493 e. The van der Waals surface area contributed by atoms with E-state index in [0.29, 0.717) is 17.4 Å². The van der Waals surface area contributed by atoms with Crippen LogP contribution in [-0.2, 0) is 11.8 Å². The second-order valence-electron chi connectivity index (χ2n) is 8.18. The first-order valence-electron chi connectivity index (χ1n) is 8.36. The Morgan fingerprint density at radius 3 is 3.09 bits per heavy atom. The molecule has 116 valence electrons. The molecule has 4 aliphatic carbocycles. The summed E-state index contributed by atoms with van der Waals surface area (Å²) in [6.07, 6.45) is 2.78. The van der Waals surface area contributed by atoms with Crippen LogP contribution >= 0.6 is 0 Å². The smallest absolute Gasteiger partial charge is 0.165 e. The van der Waals surface area contributed by atoms with Crippen LogP contribution in [0.1, 0.15) is 24.0 Å². The summed E-state index contributed by atoms with van der Waals surface area (Å²) in [5.41, 5.74) is 3.16. The lowest BCUT2D eigenvalue weighted by atomic mass is 9.35. The molecule has 2 unspecified atom stereocenters. The van der Waals surface area contributed by atoms with Crippen molar-refractivity contribution >= 4 is 0 Å². The van der Waals surface area contributed by atoms with Gasteiger partial charge in [0.25, 0.3) is 0 Å². The number of nitrogens with zero attached hydrogens (tertiary/aromatic N) is 1. The first-order chi connectivity index (χ1) is 10.6. The molecule has 6 aliphatic rings. The van der Waals surface area contributed by atoms with Gasteiger partial charge in [-0.3, -0.25) is 0 Å². The van der Waals surface area contributed by atoms with E-state index in [-0.39, 0.29) is 17.6 Å². The number of likely N-dealkylation sites (N-methyl/N-ethyl adjacent to an activating group) is 1. The van der Waals surface area contributed by atoms with Crippen LogP contribution in [0.3, 0.4) is 0 Å². The Kier molecular flexibility index (Phi) is 1.84. The van der Waals surface area contributed by atoms with E-state index in [1.54, 1.807) is 7.11 Å². The third kappa shape index (κ3) is 0.976. The predicted octanol–water partition coefficient (Wildman–Crippen LogP) is 1.34. The number of hydrogen-bond acceptors (Lipinski definition) is 4. The fourth-order valence-electron chi connectivity index (χ4n) is 7.16. The van der Waals surface area contributed by atoms with E-state index in [2.05, 4.69) is 18.0 Å². The van der Waals surface area contributed by atoms with E-state index >= 15 is 0 Å². The SMILES string of the molecule is COc1ccc2c3c1O[C@H]1[C@@H](O)CC45CN(C)[C@H](C2)C4[C@@]31C5. The molecule has 6 atom stereocenters. The van der Waals surface area contributed by atoms with Crippen molar-refractivity contribution in [2.24, 2.45) is 11.3 Å². The highest BCUT2D eigenvalue weighted by Gasteiger charge is 2.81. The summed E-state index contributed by atoms with van der Waals surface area (Å²) >= 11 is 0. The van der Waals surface area contributed by atoms with Gasteiger partial charge in [-0.05, 0) is 49.3 Å². The summed E-state index contributed by atoms with van der Waals surface area (Å²) in [6.45, 7) is 1.13. The molecule has 4 fully saturated rings. The zero-order chi connectivity index (χ0) is 14.9. The van der Waals surface area contributed by atoms with Gasteiger partial charge in [0.05, 0.1) is 13.2 Å². The van der Waals surface area contributed by atoms with Crippen molar-refractivity contribution in [1.82, 2.24) is 4.90 Å². The number of benzene rings is 1. The quantitative estimate of drug-likeness (QED) is 0.849. The fraction of sp³-hybridized carbons (Fsp3) is 0.667. The second kappa shape index (κ2) is 3.31. The Labute approximate surface area is 130 Å². The molecule has 4 heteroatoms. The molecule has 3 saturated carbocycles. The monoisotopic (exact) mass is 299 g/mol. The molecule has 0 aromatic heterocycles. The Hall–Kier alpha value is -1.26. The lowest BCUT2D eigenvalue weighted by molar-refractivity contribution is -0.194. The number of fused-ring (bicyclic) bond motifs is 1. The average Bonchev–Trinajstić information content (AvgIpc) is 2.95. The number of rotatable bonds is 1. The summed E-state index contributed by atoms with van der Waals surface area (Å²) in [5.74, 6) is 2.41. The van der Waals surface area contributed by atoms with Gasteiger partial charge >= 0.3 is 0 Å². The van der Waals surface area contributed by atoms with E-state index in [4.69, 9.17) is 9.47 Å². The van der Waals surface area contributed by atoms with Crippen molar-refractivity contribution in [3.8, 4) is 11.5 Å². The number of methoxy groups -OCH3 is 1. The zero-order valence-corrected chi connectivity index (χ0v) is 13.0. The van der Waals surface area contributed by atoms with Crippen molar-refractivity contribution in [1.29, 1.82) is 0 Å². The third-order valence-corrected chi connectivity index (χ3v) is 7.41. The highest BCUT2D eigenvalue weighted by Crippen LogP contribution is 2.78. The van der Waals surface area contributed by atoms with Crippen LogP contribution in [0.4, 0.5) is 0 Å². The summed E-state index contributed by atoms with van der Waals surface area (Å²) in [5, 5.41) is 10.8. The van der Waals surface area contributed by atoms with Crippen LogP contribution in [0.2, 0.25) is 0 Å². The number of hydrogen-bond donors (Lipinski definition) is 1. The Morgan fingerprint density at radius 2 is 2.27 bits per heavy atom. The van der Waals surface area contributed by atoms with Gasteiger partial charge in [-0.15, -0.1) is 0 Å². The van der Waals surface area contributed by atoms with Crippen molar-refractivity contribution < 1.29 is 14.6 Å². The van der Waals surface area contributed by atoms with E-state index in [0.717, 1.165) is 30.9 Å². The van der Waals surface area contributed by atoms with Crippen LogP contribution in [0.5, 0.6) is 11.5 Å². The van der Waals surface area contributed by atoms with Gasteiger partial charge in [-0.2, -0.15) is 0 Å². The fourth-order valence-corrected chi connectivity index (χ4v) is 7.16. The summed E-state index contributed by atoms with van der Waals surface area (Å²) < 4.78 is 11.9. The molecular formula is C18H21NO3. The molecule has 7 rings (SSSR count). The topological polar surface area (TPSA) is 41.9 Å². The molecule has 0 radical (unpaired) electrons. The molecule has 0 amide bonds. The van der Waals surface area contributed by atoms with Gasteiger partial charge < -0.3 is 19.5 Å². The summed E-state index contributed by atoms with van der Waals surface area (Å²) in [4.78, 5) is 2.54. The molecular weight excluding hydrogens is 278 g/mol. The van der Waals surface area contributed by atoms with Crippen LogP contribution in [0.25, 0.3) is 0 Å². The molecule has 2 aliphatic heterocycles. The first-order valence-corrected chi connectivity index (χ1v) is 8.36. The minimum atomic E-state index is -0.347. The molecule has 1 saturated heterocycles. The van der Waals surface area contributed by atoms with E-state index in [9.17, 15) is 5.11 Å². The molecule has 2 spiro atoms. The number of aliphatic hydroxyl groups excluding tert-OH is 1. The Morgan fingerprint density at radius 1 is 1.41 bits per heavy atom. The lowest BCUT2D eigenvalue weighted by Crippen LogP contribution is -2.73. The molecule has 1 aromatic carbocycles. The zero-order valence-electron chi connectivity index (χ0n) is 13.0. The van der Waals surface area contributed by atoms with Gasteiger partial charge in [0, 0.05) is 23.6 Å². The average molecular weight is 299 g/mol. The van der Waals surface area contributed by atoms with Crippen LogP contribution in [-0.4, -0.2) is 49.0 Å². The van der Waals surface area contributed by atoms with Gasteiger partial charge in [-0.25, -0.2) is 0 Å². The van der Waals surface area contributed by atoms with E-state index in [1.165, 1.54) is 17.5 Å². The normalized spacial score (nSPS) is 49.4. The highest BCUT2D eigenvalue weighted by atomic mass is 16.5. The maximum Gasteiger partial charge on any atom is 0.165 e. The van der Waals surface area contributed by atoms with Crippen molar-refractivity contribution in [2.45, 2.75) is 42.9 Å². The highest BCUT2D eigenvalue weighted by molar-refractivity contribution is 5.63. The lowest BCUT2D eigenvalue weighted by Gasteiger charge is -2.68. The number of likely N-dealkylation sites (tertiary alicyclic amines) is 1. The second-order valence-corrected chi connectivity index (χ2v) is 8.18. The van der Waals surface area contributed by atoms with Gasteiger partial charge in [0.15, 0.2) is 11.5 Å². The predicted molar refractivity (Wildman–Crippen MR) is 80.4 cm³/mol. The van der Waals surface area contributed by atoms with E-state index in [1.807, 2.05) is 6.07 Å². The summed E-state index contributed by atoms with van der Waals surface area (Å²) in [6, 6.07) is 4.87. The molecule has 2 bridgehead atoms. The molecule has 22 heavy (non-hydrogen) atoms. The van der Waals surface area contributed by atoms with Crippen LogP contribution in [0, 0.1) is 11.3 Å². The molecule has 1 N–H and O–H groups in total. The third-order valence-electron chi connectivity index (χ3n) is 7.41. The van der Waals surface area contributed by atoms with Crippen molar-refractivity contribution in [2.75, 3.05) is 20.7 Å². The van der Waals surface area contributed by atoms with E-state index < -0.39 is 0 Å². The maximum atomic E-state index is 10.8. The number of ether oxygens (including phenoxy) is 2. The Bertz CT molecular complexity index is 719. The van der Waals surface area contributed by atoms with Crippen molar-refractivity contribution in [3.05, 3.63) is 23.3 Å². The maximum absolute atomic E-state index is 10.8. The standard InChI is InChI=1S/C18H21NO3/c1-19-8-17-6-11(20)16-18(7-17)13-9(5-10(19)15(17)18)3-4-12(21-2)14(13)22-16/h3-4,10-11,15-16,20H,5-8H2,1-2H3/t10-,11+,15?,16+,17?,18-/m1/s1. The van der Waals surface area contributed by atoms with Gasteiger partial charge in [0.2, 0.25) is 0 Å².